The number of aryl methyl sites for hydroxylation is 1. The van der Waals surface area contributed by atoms with Crippen LogP contribution in [0.1, 0.15) is 17.5 Å². The molecule has 0 aromatic carbocycles. The number of aromatic nitrogens is 1. The van der Waals surface area contributed by atoms with Crippen LogP contribution in [0.4, 0.5) is 0 Å². The Morgan fingerprint density at radius 2 is 2.36 bits per heavy atom. The summed E-state index contributed by atoms with van der Waals surface area (Å²) in [6, 6.07) is 1.95. The van der Waals surface area contributed by atoms with E-state index < -0.39 is 0 Å². The van der Waals surface area contributed by atoms with Crippen molar-refractivity contribution in [1.29, 1.82) is 0 Å². The van der Waals surface area contributed by atoms with Crippen molar-refractivity contribution in [3.8, 4) is 11.8 Å². The first-order valence-corrected chi connectivity index (χ1v) is 4.87. The van der Waals surface area contributed by atoms with Gasteiger partial charge in [-0.15, -0.1) is 0 Å². The van der Waals surface area contributed by atoms with Crippen molar-refractivity contribution in [1.82, 2.24) is 10.3 Å². The highest BCUT2D eigenvalue weighted by Crippen LogP contribution is 2.11. The first-order chi connectivity index (χ1) is 6.74. The summed E-state index contributed by atoms with van der Waals surface area (Å²) >= 11 is 5.80. The summed E-state index contributed by atoms with van der Waals surface area (Å²) in [6.45, 7) is 2.83. The molecule has 0 saturated carbocycles. The quantitative estimate of drug-likeness (QED) is 0.457. The fraction of sp³-hybridized carbons (Fsp3) is 0.364. The number of nitrogens with zero attached hydrogens (tertiary/aromatic N) is 1. The van der Waals surface area contributed by atoms with Gasteiger partial charge in [0.2, 0.25) is 0 Å². The second kappa shape index (κ2) is 5.64. The Labute approximate surface area is 89.7 Å². The Hall–Kier alpha value is -1.04. The zero-order chi connectivity index (χ0) is 10.4. The van der Waals surface area contributed by atoms with Crippen LogP contribution in [0.3, 0.4) is 0 Å². The standard InChI is InChI=1S/C11H13ClN2/c1-9-7-10(8-14-11(9)12)5-3-4-6-13-2/h7-8,13H,4,6H2,1-2H3. The van der Waals surface area contributed by atoms with Gasteiger partial charge in [-0.1, -0.05) is 23.4 Å². The zero-order valence-corrected chi connectivity index (χ0v) is 9.15. The highest BCUT2D eigenvalue weighted by Gasteiger charge is 1.95. The molecular weight excluding hydrogens is 196 g/mol. The molecule has 74 valence electrons. The molecule has 0 fully saturated rings. The summed E-state index contributed by atoms with van der Waals surface area (Å²) < 4.78 is 0. The van der Waals surface area contributed by atoms with Gasteiger partial charge in [0, 0.05) is 24.7 Å². The summed E-state index contributed by atoms with van der Waals surface area (Å²) in [6.07, 6.45) is 2.54. The van der Waals surface area contributed by atoms with Crippen LogP contribution in [0.2, 0.25) is 5.15 Å². The number of nitrogens with one attached hydrogen (secondary N) is 1. The van der Waals surface area contributed by atoms with Gasteiger partial charge < -0.3 is 5.32 Å². The molecule has 0 saturated heterocycles. The van der Waals surface area contributed by atoms with Crippen LogP contribution in [0.25, 0.3) is 0 Å². The minimum Gasteiger partial charge on any atom is -0.319 e. The molecule has 14 heavy (non-hydrogen) atoms. The van der Waals surface area contributed by atoms with Crippen molar-refractivity contribution in [2.24, 2.45) is 0 Å². The fourth-order valence-electron chi connectivity index (χ4n) is 0.979. The summed E-state index contributed by atoms with van der Waals surface area (Å²) in [4.78, 5) is 4.02. The van der Waals surface area contributed by atoms with Crippen LogP contribution in [0.15, 0.2) is 12.3 Å². The smallest absolute Gasteiger partial charge is 0.132 e. The van der Waals surface area contributed by atoms with Crippen LogP contribution in [-0.4, -0.2) is 18.6 Å². The molecule has 0 atom stereocenters. The van der Waals surface area contributed by atoms with Gasteiger partial charge in [-0.25, -0.2) is 4.98 Å². The van der Waals surface area contributed by atoms with Gasteiger partial charge in [0.25, 0.3) is 0 Å². The fourth-order valence-corrected chi connectivity index (χ4v) is 1.08. The lowest BCUT2D eigenvalue weighted by atomic mass is 10.2. The minimum atomic E-state index is 0.547. The van der Waals surface area contributed by atoms with E-state index in [9.17, 15) is 0 Å². The second-order valence-electron chi connectivity index (χ2n) is 2.99. The predicted octanol–water partition coefficient (Wildman–Crippen LogP) is 2.00. The van der Waals surface area contributed by atoms with E-state index in [0.29, 0.717) is 5.15 Å². The molecule has 0 radical (unpaired) electrons. The Balaban J connectivity index is 2.66. The largest absolute Gasteiger partial charge is 0.319 e. The molecule has 0 aliphatic heterocycles. The van der Waals surface area contributed by atoms with Gasteiger partial charge in [0.15, 0.2) is 0 Å². The van der Waals surface area contributed by atoms with Crippen molar-refractivity contribution in [3.63, 3.8) is 0 Å². The van der Waals surface area contributed by atoms with Crippen molar-refractivity contribution >= 4 is 11.6 Å². The molecule has 1 N–H and O–H groups in total. The number of hydrogen-bond acceptors (Lipinski definition) is 2. The first kappa shape index (κ1) is 11.0. The molecule has 0 bridgehead atoms. The third kappa shape index (κ3) is 3.37. The molecule has 3 heteroatoms. The SMILES string of the molecule is CNCCC#Cc1cnc(Cl)c(C)c1. The maximum atomic E-state index is 5.80. The second-order valence-corrected chi connectivity index (χ2v) is 3.35. The average Bonchev–Trinajstić information content (AvgIpc) is 2.18. The maximum absolute atomic E-state index is 5.80. The molecule has 1 aromatic rings. The molecule has 0 aliphatic carbocycles. The highest BCUT2D eigenvalue weighted by atomic mass is 35.5. The van der Waals surface area contributed by atoms with Crippen molar-refractivity contribution < 1.29 is 0 Å². The number of hydrogen-bond donors (Lipinski definition) is 1. The van der Waals surface area contributed by atoms with Crippen LogP contribution in [-0.2, 0) is 0 Å². The van der Waals surface area contributed by atoms with Gasteiger partial charge in [-0.05, 0) is 25.6 Å². The molecule has 1 aromatic heterocycles. The minimum absolute atomic E-state index is 0.547. The number of halogens is 1. The Bertz CT molecular complexity index is 363. The number of pyridine rings is 1. The van der Waals surface area contributed by atoms with Gasteiger partial charge in [0.1, 0.15) is 5.15 Å². The molecule has 2 nitrogen and oxygen atoms in total. The van der Waals surface area contributed by atoms with Crippen LogP contribution in [0.5, 0.6) is 0 Å². The molecule has 0 unspecified atom stereocenters. The van der Waals surface area contributed by atoms with Gasteiger partial charge >= 0.3 is 0 Å². The molecule has 0 spiro atoms. The highest BCUT2D eigenvalue weighted by molar-refractivity contribution is 6.30. The number of rotatable bonds is 2. The monoisotopic (exact) mass is 208 g/mol. The van der Waals surface area contributed by atoms with Crippen LogP contribution in [0, 0.1) is 18.8 Å². The van der Waals surface area contributed by atoms with Gasteiger partial charge in [-0.3, -0.25) is 0 Å². The van der Waals surface area contributed by atoms with Crippen LogP contribution < -0.4 is 5.32 Å². The lowest BCUT2D eigenvalue weighted by molar-refractivity contribution is 0.818. The zero-order valence-electron chi connectivity index (χ0n) is 8.39. The lowest BCUT2D eigenvalue weighted by Crippen LogP contribution is -2.05. The third-order valence-electron chi connectivity index (χ3n) is 1.75. The van der Waals surface area contributed by atoms with E-state index in [0.717, 1.165) is 24.1 Å². The Morgan fingerprint density at radius 3 is 3.00 bits per heavy atom. The van der Waals surface area contributed by atoms with E-state index in [1.807, 2.05) is 20.0 Å². The van der Waals surface area contributed by atoms with Crippen molar-refractivity contribution in [3.05, 3.63) is 28.5 Å². The molecular formula is C11H13ClN2. The summed E-state index contributed by atoms with van der Waals surface area (Å²) in [7, 11) is 1.91. The van der Waals surface area contributed by atoms with E-state index in [4.69, 9.17) is 11.6 Å². The third-order valence-corrected chi connectivity index (χ3v) is 2.14. The normalized spacial score (nSPS) is 9.36. The lowest BCUT2D eigenvalue weighted by Gasteiger charge is -1.95. The molecule has 1 rings (SSSR count). The van der Waals surface area contributed by atoms with E-state index in [2.05, 4.69) is 22.1 Å². The van der Waals surface area contributed by atoms with Gasteiger partial charge in [-0.2, -0.15) is 0 Å². The summed E-state index contributed by atoms with van der Waals surface area (Å²) in [5.74, 6) is 6.09. The van der Waals surface area contributed by atoms with Crippen molar-refractivity contribution in [2.45, 2.75) is 13.3 Å². The van der Waals surface area contributed by atoms with E-state index >= 15 is 0 Å². The molecule has 0 amide bonds. The average molecular weight is 209 g/mol. The summed E-state index contributed by atoms with van der Waals surface area (Å²) in [5, 5.41) is 3.58. The van der Waals surface area contributed by atoms with E-state index in [-0.39, 0.29) is 0 Å². The Kier molecular flexibility index (Phi) is 4.45. The molecule has 0 aliphatic rings. The van der Waals surface area contributed by atoms with Crippen molar-refractivity contribution in [2.75, 3.05) is 13.6 Å². The van der Waals surface area contributed by atoms with E-state index in [1.54, 1.807) is 6.20 Å². The van der Waals surface area contributed by atoms with E-state index in [1.165, 1.54) is 0 Å². The van der Waals surface area contributed by atoms with Gasteiger partial charge in [0.05, 0.1) is 0 Å². The molecule has 1 heterocycles. The summed E-state index contributed by atoms with van der Waals surface area (Å²) in [5.41, 5.74) is 1.88. The van der Waals surface area contributed by atoms with Crippen LogP contribution >= 0.6 is 11.6 Å². The topological polar surface area (TPSA) is 24.9 Å². The first-order valence-electron chi connectivity index (χ1n) is 4.49. The predicted molar refractivity (Wildman–Crippen MR) is 59.4 cm³/mol. The Morgan fingerprint density at radius 1 is 1.57 bits per heavy atom. The maximum Gasteiger partial charge on any atom is 0.132 e.